The first-order chi connectivity index (χ1) is 14.2. The number of nitrogens with one attached hydrogen (secondary N) is 2. The van der Waals surface area contributed by atoms with E-state index < -0.39 is 24.2 Å². The molecule has 2 atom stereocenters. The molecule has 0 saturated heterocycles. The summed E-state index contributed by atoms with van der Waals surface area (Å²) in [5, 5.41) is 10.0. The van der Waals surface area contributed by atoms with Gasteiger partial charge in [0.2, 0.25) is 0 Å². The van der Waals surface area contributed by atoms with Crippen molar-refractivity contribution in [3.05, 3.63) is 76.4 Å². The van der Waals surface area contributed by atoms with Gasteiger partial charge in [0, 0.05) is 17.1 Å². The third-order valence-corrected chi connectivity index (χ3v) is 5.28. The van der Waals surface area contributed by atoms with Crippen molar-refractivity contribution in [3.63, 3.8) is 0 Å². The monoisotopic (exact) mass is 434 g/mol. The molecule has 2 N–H and O–H groups in total. The molecule has 156 valence electrons. The molecule has 0 aliphatic carbocycles. The van der Waals surface area contributed by atoms with Gasteiger partial charge in [0.25, 0.3) is 5.91 Å². The van der Waals surface area contributed by atoms with Crippen molar-refractivity contribution >= 4 is 29.0 Å². The van der Waals surface area contributed by atoms with Crippen LogP contribution in [0.5, 0.6) is 0 Å². The van der Waals surface area contributed by atoms with E-state index in [1.165, 1.54) is 0 Å². The number of amides is 1. The maximum Gasteiger partial charge on any atom is 0.410 e. The van der Waals surface area contributed by atoms with Gasteiger partial charge in [-0.2, -0.15) is 18.3 Å². The Hall–Kier alpha value is -3.00. The van der Waals surface area contributed by atoms with Crippen LogP contribution in [0.3, 0.4) is 0 Å². The van der Waals surface area contributed by atoms with Crippen LogP contribution in [0.25, 0.3) is 0 Å². The van der Waals surface area contributed by atoms with Crippen LogP contribution in [0.15, 0.2) is 54.7 Å². The van der Waals surface area contributed by atoms with Crippen molar-refractivity contribution in [1.29, 1.82) is 0 Å². The minimum Gasteiger partial charge on any atom is -0.363 e. The molecule has 5 nitrogen and oxygen atoms in total. The van der Waals surface area contributed by atoms with E-state index >= 15 is 0 Å². The quantitative estimate of drug-likeness (QED) is 0.551. The standard InChI is InChI=1S/C21H18ClF3N4O/c1-12-5-7-13(8-6-12)17-10-18(21(23,24)25)29-19(28-17)16(11-26-29)20(30)27-15-4-2-3-14(22)9-15/h2-9,11,17-18,28H,10H2,1H3,(H,27,30)/t17-,18-/m1/s1. The minimum atomic E-state index is -4.51. The number of fused-ring (bicyclic) bond motifs is 1. The number of aromatic nitrogens is 2. The van der Waals surface area contributed by atoms with Gasteiger partial charge in [-0.1, -0.05) is 47.5 Å². The van der Waals surface area contributed by atoms with Gasteiger partial charge >= 0.3 is 6.18 Å². The smallest absolute Gasteiger partial charge is 0.363 e. The summed E-state index contributed by atoms with van der Waals surface area (Å²) in [7, 11) is 0. The van der Waals surface area contributed by atoms with Crippen LogP contribution in [0.1, 0.15) is 40.0 Å². The lowest BCUT2D eigenvalue weighted by atomic mass is 9.96. The second-order valence-corrected chi connectivity index (χ2v) is 7.65. The van der Waals surface area contributed by atoms with Crippen LogP contribution < -0.4 is 10.6 Å². The number of alkyl halides is 3. The zero-order valence-corrected chi connectivity index (χ0v) is 16.6. The van der Waals surface area contributed by atoms with E-state index in [2.05, 4.69) is 15.7 Å². The van der Waals surface area contributed by atoms with Gasteiger partial charge in [-0.15, -0.1) is 0 Å². The third-order valence-electron chi connectivity index (χ3n) is 5.05. The fraction of sp³-hybridized carbons (Fsp3) is 0.238. The lowest BCUT2D eigenvalue weighted by Crippen LogP contribution is -2.36. The predicted octanol–water partition coefficient (Wildman–Crippen LogP) is 5.76. The molecule has 0 unspecified atom stereocenters. The summed E-state index contributed by atoms with van der Waals surface area (Å²) in [6, 6.07) is 11.3. The van der Waals surface area contributed by atoms with E-state index in [9.17, 15) is 18.0 Å². The summed E-state index contributed by atoms with van der Waals surface area (Å²) in [4.78, 5) is 12.8. The van der Waals surface area contributed by atoms with E-state index in [0.717, 1.165) is 16.4 Å². The highest BCUT2D eigenvalue weighted by Gasteiger charge is 2.47. The maximum absolute atomic E-state index is 13.8. The molecule has 1 aliphatic heterocycles. The highest BCUT2D eigenvalue weighted by molar-refractivity contribution is 6.31. The lowest BCUT2D eigenvalue weighted by Gasteiger charge is -2.34. The van der Waals surface area contributed by atoms with Crippen LogP contribution in [-0.2, 0) is 0 Å². The number of carbonyl (C=O) groups excluding carboxylic acids is 1. The molecule has 4 rings (SSSR count). The predicted molar refractivity (Wildman–Crippen MR) is 109 cm³/mol. The van der Waals surface area contributed by atoms with Crippen LogP contribution in [0.4, 0.5) is 24.7 Å². The maximum atomic E-state index is 13.8. The van der Waals surface area contributed by atoms with Crippen molar-refractivity contribution in [2.45, 2.75) is 31.6 Å². The average molecular weight is 435 g/mol. The van der Waals surface area contributed by atoms with Crippen LogP contribution in [0, 0.1) is 6.92 Å². The number of halogens is 4. The Kier molecular flexibility index (Phi) is 5.19. The fourth-order valence-electron chi connectivity index (χ4n) is 3.51. The normalized spacial score (nSPS) is 18.4. The van der Waals surface area contributed by atoms with Crippen molar-refractivity contribution < 1.29 is 18.0 Å². The van der Waals surface area contributed by atoms with E-state index in [4.69, 9.17) is 11.6 Å². The lowest BCUT2D eigenvalue weighted by molar-refractivity contribution is -0.173. The van der Waals surface area contributed by atoms with Crippen molar-refractivity contribution in [2.75, 3.05) is 10.6 Å². The molecular weight excluding hydrogens is 417 g/mol. The van der Waals surface area contributed by atoms with Gasteiger partial charge in [0.05, 0.1) is 12.2 Å². The number of benzene rings is 2. The first-order valence-corrected chi connectivity index (χ1v) is 9.64. The number of nitrogens with zero attached hydrogens (tertiary/aromatic N) is 2. The molecule has 1 aromatic heterocycles. The molecule has 0 fully saturated rings. The summed E-state index contributed by atoms with van der Waals surface area (Å²) in [5.74, 6) is -0.537. The number of rotatable bonds is 3. The molecular formula is C21H18ClF3N4O. The Balaban J connectivity index is 1.69. The molecule has 2 aromatic carbocycles. The van der Waals surface area contributed by atoms with Crippen molar-refractivity contribution in [3.8, 4) is 0 Å². The topological polar surface area (TPSA) is 59.0 Å². The van der Waals surface area contributed by atoms with Gasteiger partial charge in [-0.05, 0) is 30.7 Å². The molecule has 0 spiro atoms. The zero-order chi connectivity index (χ0) is 21.5. The first-order valence-electron chi connectivity index (χ1n) is 9.26. The average Bonchev–Trinajstić information content (AvgIpc) is 3.11. The molecule has 2 heterocycles. The van der Waals surface area contributed by atoms with Gasteiger partial charge in [-0.25, -0.2) is 4.68 Å². The summed E-state index contributed by atoms with van der Waals surface area (Å²) in [6.07, 6.45) is -3.58. The summed E-state index contributed by atoms with van der Waals surface area (Å²) >= 11 is 5.93. The molecule has 30 heavy (non-hydrogen) atoms. The summed E-state index contributed by atoms with van der Waals surface area (Å²) in [5.41, 5.74) is 2.18. The number of carbonyl (C=O) groups is 1. The van der Waals surface area contributed by atoms with Gasteiger partial charge < -0.3 is 10.6 Å². The van der Waals surface area contributed by atoms with Crippen molar-refractivity contribution in [2.24, 2.45) is 0 Å². The number of hydrogen-bond acceptors (Lipinski definition) is 3. The highest BCUT2D eigenvalue weighted by atomic mass is 35.5. The largest absolute Gasteiger partial charge is 0.410 e. The van der Waals surface area contributed by atoms with Gasteiger partial charge in [-0.3, -0.25) is 4.79 Å². The van der Waals surface area contributed by atoms with Crippen molar-refractivity contribution in [1.82, 2.24) is 9.78 Å². The Bertz CT molecular complexity index is 1080. The van der Waals surface area contributed by atoms with Gasteiger partial charge in [0.15, 0.2) is 6.04 Å². The van der Waals surface area contributed by atoms with E-state index in [1.807, 2.05) is 19.1 Å². The Morgan fingerprint density at radius 3 is 2.63 bits per heavy atom. The van der Waals surface area contributed by atoms with Gasteiger partial charge in [0.1, 0.15) is 11.4 Å². The molecule has 1 aliphatic rings. The van der Waals surface area contributed by atoms with Crippen LogP contribution in [-0.4, -0.2) is 21.9 Å². The Morgan fingerprint density at radius 1 is 1.23 bits per heavy atom. The van der Waals surface area contributed by atoms with E-state index in [1.54, 1.807) is 36.4 Å². The number of hydrogen-bond donors (Lipinski definition) is 2. The van der Waals surface area contributed by atoms with Crippen LogP contribution in [0.2, 0.25) is 5.02 Å². The SMILES string of the molecule is Cc1ccc([C@H]2C[C@H](C(F)(F)F)n3ncc(C(=O)Nc4cccc(Cl)c4)c3N2)cc1. The van der Waals surface area contributed by atoms with Crippen LogP contribution >= 0.6 is 11.6 Å². The molecule has 0 saturated carbocycles. The molecule has 9 heteroatoms. The number of anilines is 2. The second-order valence-electron chi connectivity index (χ2n) is 7.22. The molecule has 3 aromatic rings. The number of aryl methyl sites for hydroxylation is 1. The molecule has 1 amide bonds. The zero-order valence-electron chi connectivity index (χ0n) is 15.9. The minimum absolute atomic E-state index is 0.0287. The Labute approximate surface area is 175 Å². The second kappa shape index (κ2) is 7.68. The molecule has 0 bridgehead atoms. The molecule has 0 radical (unpaired) electrons. The summed E-state index contributed by atoms with van der Waals surface area (Å²) < 4.78 is 42.2. The van der Waals surface area contributed by atoms with E-state index in [-0.39, 0.29) is 17.8 Å². The first kappa shape index (κ1) is 20.3. The summed E-state index contributed by atoms with van der Waals surface area (Å²) in [6.45, 7) is 1.91. The fourth-order valence-corrected chi connectivity index (χ4v) is 3.70. The Morgan fingerprint density at radius 2 is 1.97 bits per heavy atom. The van der Waals surface area contributed by atoms with E-state index in [0.29, 0.717) is 16.3 Å². The highest BCUT2D eigenvalue weighted by Crippen LogP contribution is 2.44. The third kappa shape index (κ3) is 4.00.